The summed E-state index contributed by atoms with van der Waals surface area (Å²) in [6.45, 7) is 2.11. The first-order valence-electron chi connectivity index (χ1n) is 16.1. The Morgan fingerprint density at radius 2 is 0.979 bits per heavy atom. The molecule has 9 aromatic rings. The number of aryl methyl sites for hydroxylation is 1. The molecule has 0 unspecified atom stereocenters. The summed E-state index contributed by atoms with van der Waals surface area (Å²) in [7, 11) is 0. The van der Waals surface area contributed by atoms with Gasteiger partial charge in [0, 0.05) is 33.0 Å². The van der Waals surface area contributed by atoms with E-state index in [0.717, 1.165) is 60.7 Å². The van der Waals surface area contributed by atoms with E-state index in [1.165, 1.54) is 16.5 Å². The number of rotatable bonds is 5. The highest BCUT2D eigenvalue weighted by molar-refractivity contribution is 6.09. The highest BCUT2D eigenvalue weighted by atomic mass is 16.3. The number of hydrogen-bond donors (Lipinski definition) is 0. The van der Waals surface area contributed by atoms with Crippen molar-refractivity contribution in [2.45, 2.75) is 6.92 Å². The molecule has 0 saturated heterocycles. The third-order valence-corrected chi connectivity index (χ3v) is 9.00. The Morgan fingerprint density at radius 1 is 0.396 bits per heavy atom. The molecule has 48 heavy (non-hydrogen) atoms. The normalized spacial score (nSPS) is 11.4. The van der Waals surface area contributed by atoms with Crippen LogP contribution in [0.15, 0.2) is 162 Å². The van der Waals surface area contributed by atoms with Crippen molar-refractivity contribution < 1.29 is 4.42 Å². The van der Waals surface area contributed by atoms with E-state index in [4.69, 9.17) is 19.4 Å². The first-order valence-corrected chi connectivity index (χ1v) is 16.1. The van der Waals surface area contributed by atoms with E-state index < -0.39 is 0 Å². The zero-order valence-electron chi connectivity index (χ0n) is 26.3. The fraction of sp³-hybridized carbons (Fsp3) is 0.0227. The van der Waals surface area contributed by atoms with E-state index in [0.29, 0.717) is 17.5 Å². The van der Waals surface area contributed by atoms with Crippen molar-refractivity contribution in [1.82, 2.24) is 15.0 Å². The van der Waals surface area contributed by atoms with Crippen molar-refractivity contribution in [2.24, 2.45) is 0 Å². The summed E-state index contributed by atoms with van der Waals surface area (Å²) in [6, 6.07) is 54.6. The van der Waals surface area contributed by atoms with Gasteiger partial charge in [0.1, 0.15) is 11.2 Å². The van der Waals surface area contributed by atoms with Gasteiger partial charge in [0.15, 0.2) is 17.5 Å². The number of benzene rings is 7. The summed E-state index contributed by atoms with van der Waals surface area (Å²) in [5, 5.41) is 4.58. The molecule has 0 amide bonds. The Balaban J connectivity index is 1.14. The Labute approximate surface area is 278 Å². The van der Waals surface area contributed by atoms with Crippen molar-refractivity contribution in [3.63, 3.8) is 0 Å². The van der Waals surface area contributed by atoms with Gasteiger partial charge in [-0.25, -0.2) is 15.0 Å². The molecule has 0 saturated carbocycles. The summed E-state index contributed by atoms with van der Waals surface area (Å²) < 4.78 is 6.37. The molecule has 0 N–H and O–H groups in total. The summed E-state index contributed by atoms with van der Waals surface area (Å²) in [5.41, 5.74) is 10.2. The van der Waals surface area contributed by atoms with Crippen LogP contribution in [-0.2, 0) is 0 Å². The topological polar surface area (TPSA) is 51.8 Å². The molecular formula is C44H29N3O. The standard InChI is InChI=1S/C44H29N3O/c1-28-14-25-40-39(26-28)38-13-7-12-37(41(38)48-40)32-18-22-34(23-19-32)43-45-42(33-20-15-31(16-21-33)29-8-3-2-4-9-29)46-44(47-43)36-24-17-30-10-5-6-11-35(30)27-36/h2-27H,1H3. The number of para-hydroxylation sites is 1. The third-order valence-electron chi connectivity index (χ3n) is 9.00. The molecule has 0 bridgehead atoms. The second-order valence-corrected chi connectivity index (χ2v) is 12.2. The lowest BCUT2D eigenvalue weighted by Gasteiger charge is -2.10. The third kappa shape index (κ3) is 5.01. The minimum Gasteiger partial charge on any atom is -0.455 e. The first-order chi connectivity index (χ1) is 23.7. The van der Waals surface area contributed by atoms with Crippen molar-refractivity contribution in [3.05, 3.63) is 163 Å². The number of aromatic nitrogens is 3. The van der Waals surface area contributed by atoms with Crippen LogP contribution in [0.2, 0.25) is 0 Å². The molecule has 2 aromatic heterocycles. The lowest BCUT2D eigenvalue weighted by atomic mass is 10.0. The number of hydrogen-bond acceptors (Lipinski definition) is 4. The van der Waals surface area contributed by atoms with Crippen LogP contribution in [0.4, 0.5) is 0 Å². The fourth-order valence-electron chi connectivity index (χ4n) is 6.47. The lowest BCUT2D eigenvalue weighted by Crippen LogP contribution is -2.00. The van der Waals surface area contributed by atoms with Crippen LogP contribution in [-0.4, -0.2) is 15.0 Å². The van der Waals surface area contributed by atoms with E-state index in [1.54, 1.807) is 0 Å². The van der Waals surface area contributed by atoms with E-state index in [1.807, 2.05) is 6.07 Å². The van der Waals surface area contributed by atoms with Crippen molar-refractivity contribution in [3.8, 4) is 56.4 Å². The predicted octanol–water partition coefficient (Wildman–Crippen LogP) is 11.6. The molecule has 2 heterocycles. The minimum absolute atomic E-state index is 0.624. The molecular weight excluding hydrogens is 587 g/mol. The molecule has 226 valence electrons. The van der Waals surface area contributed by atoms with Crippen LogP contribution in [0.25, 0.3) is 89.1 Å². The average Bonchev–Trinajstić information content (AvgIpc) is 3.53. The summed E-state index contributed by atoms with van der Waals surface area (Å²) in [5.74, 6) is 1.90. The molecule has 4 heteroatoms. The zero-order chi connectivity index (χ0) is 32.0. The maximum Gasteiger partial charge on any atom is 0.164 e. The van der Waals surface area contributed by atoms with Crippen LogP contribution >= 0.6 is 0 Å². The molecule has 0 aliphatic heterocycles. The predicted molar refractivity (Wildman–Crippen MR) is 197 cm³/mol. The maximum absolute atomic E-state index is 6.37. The Morgan fingerprint density at radius 3 is 1.71 bits per heavy atom. The van der Waals surface area contributed by atoms with E-state index in [-0.39, 0.29) is 0 Å². The second kappa shape index (κ2) is 11.4. The van der Waals surface area contributed by atoms with Gasteiger partial charge >= 0.3 is 0 Å². The molecule has 0 aliphatic rings. The number of fused-ring (bicyclic) bond motifs is 4. The lowest BCUT2D eigenvalue weighted by molar-refractivity contribution is 0.670. The average molecular weight is 616 g/mol. The van der Waals surface area contributed by atoms with E-state index >= 15 is 0 Å². The van der Waals surface area contributed by atoms with Gasteiger partial charge in [-0.2, -0.15) is 0 Å². The summed E-state index contributed by atoms with van der Waals surface area (Å²) >= 11 is 0. The molecule has 0 radical (unpaired) electrons. The fourth-order valence-corrected chi connectivity index (χ4v) is 6.47. The second-order valence-electron chi connectivity index (χ2n) is 12.2. The van der Waals surface area contributed by atoms with Gasteiger partial charge in [-0.05, 0) is 52.6 Å². The molecule has 0 aliphatic carbocycles. The molecule has 4 nitrogen and oxygen atoms in total. The molecule has 0 spiro atoms. The summed E-state index contributed by atoms with van der Waals surface area (Å²) in [6.07, 6.45) is 0. The quantitative estimate of drug-likeness (QED) is 0.193. The van der Waals surface area contributed by atoms with Crippen LogP contribution in [0.5, 0.6) is 0 Å². The highest BCUT2D eigenvalue weighted by Gasteiger charge is 2.15. The van der Waals surface area contributed by atoms with E-state index in [9.17, 15) is 0 Å². The Kier molecular flexibility index (Phi) is 6.65. The van der Waals surface area contributed by atoms with E-state index in [2.05, 4.69) is 159 Å². The van der Waals surface area contributed by atoms with Crippen molar-refractivity contribution in [2.75, 3.05) is 0 Å². The van der Waals surface area contributed by atoms with Crippen molar-refractivity contribution in [1.29, 1.82) is 0 Å². The van der Waals surface area contributed by atoms with Gasteiger partial charge in [-0.1, -0.05) is 145 Å². The van der Waals surface area contributed by atoms with Gasteiger partial charge in [-0.15, -0.1) is 0 Å². The number of furan rings is 1. The Hall–Kier alpha value is -6.39. The van der Waals surface area contributed by atoms with Gasteiger partial charge in [-0.3, -0.25) is 0 Å². The Bertz CT molecular complexity index is 2600. The SMILES string of the molecule is Cc1ccc2oc3c(-c4ccc(-c5nc(-c6ccc(-c7ccccc7)cc6)nc(-c6ccc7ccccc7c6)n5)cc4)cccc3c2c1. The molecule has 0 fully saturated rings. The highest BCUT2D eigenvalue weighted by Crippen LogP contribution is 2.37. The largest absolute Gasteiger partial charge is 0.455 e. The number of nitrogens with zero attached hydrogens (tertiary/aromatic N) is 3. The molecule has 9 rings (SSSR count). The van der Waals surface area contributed by atoms with Gasteiger partial charge < -0.3 is 4.42 Å². The van der Waals surface area contributed by atoms with Crippen LogP contribution < -0.4 is 0 Å². The maximum atomic E-state index is 6.37. The van der Waals surface area contributed by atoms with Crippen molar-refractivity contribution >= 4 is 32.7 Å². The summed E-state index contributed by atoms with van der Waals surface area (Å²) in [4.78, 5) is 15.0. The smallest absolute Gasteiger partial charge is 0.164 e. The van der Waals surface area contributed by atoms with Crippen LogP contribution in [0.1, 0.15) is 5.56 Å². The monoisotopic (exact) mass is 615 g/mol. The first kappa shape index (κ1) is 27.9. The van der Waals surface area contributed by atoms with Crippen LogP contribution in [0.3, 0.4) is 0 Å². The van der Waals surface area contributed by atoms with Gasteiger partial charge in [0.2, 0.25) is 0 Å². The zero-order valence-corrected chi connectivity index (χ0v) is 26.3. The minimum atomic E-state index is 0.624. The van der Waals surface area contributed by atoms with Gasteiger partial charge in [0.25, 0.3) is 0 Å². The molecule has 7 aromatic carbocycles. The molecule has 0 atom stereocenters. The van der Waals surface area contributed by atoms with Gasteiger partial charge in [0.05, 0.1) is 0 Å². The van der Waals surface area contributed by atoms with Crippen LogP contribution in [0, 0.1) is 6.92 Å².